The van der Waals surface area contributed by atoms with Crippen molar-refractivity contribution in [3.63, 3.8) is 0 Å². The molecule has 0 spiro atoms. The summed E-state index contributed by atoms with van der Waals surface area (Å²) in [6, 6.07) is 0. The Balaban J connectivity index is -0.000000280. The fraction of sp³-hybridized carbons (Fsp3) is 1.00. The molecule has 0 aromatic rings. The Bertz CT molecular complexity index is 163. The second kappa shape index (κ2) is 19.3. The van der Waals surface area contributed by atoms with Crippen molar-refractivity contribution in [3.8, 4) is 0 Å². The third kappa shape index (κ3) is 19.3. The fourth-order valence-electron chi connectivity index (χ4n) is 1.24. The van der Waals surface area contributed by atoms with Crippen LogP contribution in [0.25, 0.3) is 0 Å². The number of ether oxygens (including phenoxy) is 2. The smallest absolute Gasteiger partial charge is 1.00 e. The second-order valence-corrected chi connectivity index (χ2v) is 5.03. The summed E-state index contributed by atoms with van der Waals surface area (Å²) in [5, 5.41) is 3.27. The normalized spacial score (nSPS) is 15.1. The number of piperazine rings is 1. The number of nitrogens with one attached hydrogen (secondary N) is 1. The van der Waals surface area contributed by atoms with Crippen LogP contribution < -0.4 is 34.9 Å². The van der Waals surface area contributed by atoms with E-state index in [-0.39, 0.29) is 31.0 Å². The maximum Gasteiger partial charge on any atom is 1.00 e. The van der Waals surface area contributed by atoms with E-state index < -0.39 is 15.9 Å². The van der Waals surface area contributed by atoms with Gasteiger partial charge in [-0.05, 0) is 7.05 Å². The summed E-state index contributed by atoms with van der Waals surface area (Å²) < 4.78 is 19.9. The third-order valence-corrected chi connectivity index (χ3v) is 3.28. The van der Waals surface area contributed by atoms with E-state index in [4.69, 9.17) is 17.1 Å². The van der Waals surface area contributed by atoms with Gasteiger partial charge in [-0.15, -0.1) is 0 Å². The van der Waals surface area contributed by atoms with Gasteiger partial charge in [-0.2, -0.15) is 0 Å². The van der Waals surface area contributed by atoms with E-state index in [1.54, 1.807) is 14.2 Å². The Morgan fingerprint density at radius 2 is 1.47 bits per heavy atom. The van der Waals surface area contributed by atoms with E-state index in [1.807, 2.05) is 0 Å². The van der Waals surface area contributed by atoms with Crippen molar-refractivity contribution in [1.82, 2.24) is 10.2 Å². The average Bonchev–Trinajstić information content (AvgIpc) is 2.39. The first-order chi connectivity index (χ1) is 8.81. The quantitative estimate of drug-likeness (QED) is 0.367. The van der Waals surface area contributed by atoms with Crippen molar-refractivity contribution >= 4 is 15.9 Å². The van der Waals surface area contributed by atoms with Crippen molar-refractivity contribution in [2.75, 3.05) is 73.9 Å². The number of likely N-dealkylation sites (N-methyl/N-ethyl adjacent to an activating group) is 1. The second-order valence-electron chi connectivity index (χ2n) is 3.97. The molecule has 8 heteroatoms. The van der Waals surface area contributed by atoms with Crippen LogP contribution in [0.4, 0.5) is 0 Å². The van der Waals surface area contributed by atoms with E-state index >= 15 is 0 Å². The fourth-order valence-corrected chi connectivity index (χ4v) is 1.83. The maximum atomic E-state index is 5.16. The van der Waals surface area contributed by atoms with Crippen LogP contribution in [0.1, 0.15) is 1.43 Å². The largest absolute Gasteiger partial charge is 1.00 e. The molecule has 0 atom stereocenters. The molecule has 1 aliphatic heterocycles. The van der Waals surface area contributed by atoms with E-state index in [2.05, 4.69) is 17.3 Å². The van der Waals surface area contributed by atoms with Crippen molar-refractivity contribution in [3.05, 3.63) is 0 Å². The molecule has 110 valence electrons. The van der Waals surface area contributed by atoms with Gasteiger partial charge in [0.05, 0.1) is 13.2 Å². The molecule has 0 bridgehead atoms. The minimum atomic E-state index is -0.789. The first-order valence-corrected chi connectivity index (χ1v) is 7.49. The van der Waals surface area contributed by atoms with Crippen molar-refractivity contribution in [2.45, 2.75) is 0 Å². The summed E-state index contributed by atoms with van der Waals surface area (Å²) in [5.74, 6) is 0. The van der Waals surface area contributed by atoms with E-state index in [0.29, 0.717) is 26.4 Å². The van der Waals surface area contributed by atoms with Crippen molar-refractivity contribution in [2.24, 2.45) is 0 Å². The zero-order valence-electron chi connectivity index (χ0n) is 13.9. The van der Waals surface area contributed by atoms with Crippen LogP contribution >= 0.6 is 0 Å². The van der Waals surface area contributed by atoms with Gasteiger partial charge in [0.25, 0.3) is 0 Å². The Morgan fingerprint density at radius 1 is 1.00 bits per heavy atom. The first kappa shape index (κ1) is 22.6. The zero-order valence-corrected chi connectivity index (χ0v) is 16.4. The van der Waals surface area contributed by atoms with Crippen LogP contribution in [0.15, 0.2) is 0 Å². The Kier molecular flexibility index (Phi) is 22.9. The topological polar surface area (TPSA) is 52.2 Å². The monoisotopic (exact) mass is 302 g/mol. The molecule has 1 saturated heterocycles. The predicted molar refractivity (Wildman–Crippen MR) is 74.3 cm³/mol. The molecule has 1 N–H and O–H groups in total. The van der Waals surface area contributed by atoms with Crippen LogP contribution in [-0.2, 0) is 17.1 Å². The Morgan fingerprint density at radius 3 is 1.79 bits per heavy atom. The standard InChI is InChI=1S/C5H12N2.2C3H7O2.Al.Na.2H/c1-7-4-2-6-3-5-7;2*1-5-3-2-4;;;;/h6H,2-5H2,1H3;2*2-3H2,1H3;;;;/q;2*-1;+2;+1;;-1. The number of hydrogen-bond donors (Lipinski definition) is 1. The zero-order chi connectivity index (χ0) is 13.5. The van der Waals surface area contributed by atoms with Gasteiger partial charge < -0.3 is 28.7 Å². The molecule has 1 fully saturated rings. The molecule has 1 aliphatic rings. The van der Waals surface area contributed by atoms with Crippen LogP contribution in [-0.4, -0.2) is 94.7 Å². The van der Waals surface area contributed by atoms with Gasteiger partial charge in [-0.3, -0.25) is 0 Å². The van der Waals surface area contributed by atoms with Gasteiger partial charge in [-0.1, -0.05) is 0 Å². The molecule has 0 amide bonds. The third-order valence-electron chi connectivity index (χ3n) is 2.37. The molecule has 0 saturated carbocycles. The Labute approximate surface area is 147 Å². The summed E-state index contributed by atoms with van der Waals surface area (Å²) in [7, 11) is 5.45. The molecule has 19 heavy (non-hydrogen) atoms. The average molecular weight is 302 g/mol. The number of nitrogens with zero attached hydrogens (tertiary/aromatic N) is 1. The van der Waals surface area contributed by atoms with Crippen molar-refractivity contribution in [1.29, 1.82) is 0 Å². The SMILES string of the molecule is CN1CCNCC1.COCC[O][AlH][O]CCOC.[H-].[Na+]. The molecule has 1 rings (SSSR count). The summed E-state index contributed by atoms with van der Waals surface area (Å²) in [4.78, 5) is 2.33. The number of rotatable bonds is 8. The molecule has 1 heterocycles. The maximum absolute atomic E-state index is 5.16. The summed E-state index contributed by atoms with van der Waals surface area (Å²) >= 11 is -0.789. The molecular weight excluding hydrogens is 274 g/mol. The predicted octanol–water partition coefficient (Wildman–Crippen LogP) is -3.78. The van der Waals surface area contributed by atoms with Gasteiger partial charge in [0.1, 0.15) is 0 Å². The minimum absolute atomic E-state index is 0. The molecule has 0 aromatic carbocycles. The molecule has 0 unspecified atom stereocenters. The number of hydrogen-bond acceptors (Lipinski definition) is 6. The Hall–Kier alpha value is 1.29. The summed E-state index contributed by atoms with van der Waals surface area (Å²) in [6.07, 6.45) is 0. The van der Waals surface area contributed by atoms with Gasteiger partial charge in [0, 0.05) is 53.6 Å². The van der Waals surface area contributed by atoms with E-state index in [0.717, 1.165) is 13.1 Å². The molecular formula is C11H28AlN2NaO4. The first-order valence-electron chi connectivity index (χ1n) is 6.34. The van der Waals surface area contributed by atoms with Crippen LogP contribution in [0, 0.1) is 0 Å². The van der Waals surface area contributed by atoms with Crippen LogP contribution in [0.2, 0.25) is 0 Å². The molecule has 0 radical (unpaired) electrons. The summed E-state index contributed by atoms with van der Waals surface area (Å²) in [5.41, 5.74) is 0. The number of methoxy groups -OCH3 is 2. The van der Waals surface area contributed by atoms with Crippen molar-refractivity contribution < 1.29 is 48.0 Å². The molecule has 0 aliphatic carbocycles. The van der Waals surface area contributed by atoms with E-state index in [9.17, 15) is 0 Å². The van der Waals surface area contributed by atoms with Gasteiger partial charge in [0.2, 0.25) is 0 Å². The molecule has 0 aromatic heterocycles. The molecule has 6 nitrogen and oxygen atoms in total. The summed E-state index contributed by atoms with van der Waals surface area (Å²) in [6.45, 7) is 7.29. The van der Waals surface area contributed by atoms with Gasteiger partial charge in [-0.25, -0.2) is 0 Å². The van der Waals surface area contributed by atoms with Gasteiger partial charge in [0.15, 0.2) is 0 Å². The van der Waals surface area contributed by atoms with Gasteiger partial charge >= 0.3 is 45.4 Å². The van der Waals surface area contributed by atoms with E-state index in [1.165, 1.54) is 13.1 Å². The van der Waals surface area contributed by atoms with Crippen LogP contribution in [0.5, 0.6) is 0 Å². The van der Waals surface area contributed by atoms with Crippen LogP contribution in [0.3, 0.4) is 0 Å². The minimum Gasteiger partial charge on any atom is -1.00 e.